The van der Waals surface area contributed by atoms with E-state index < -0.39 is 0 Å². The Kier molecular flexibility index (Phi) is 5.77. The fraction of sp³-hybridized carbons (Fsp3) is 0.562. The summed E-state index contributed by atoms with van der Waals surface area (Å²) in [6.45, 7) is 4.48. The maximum atomic E-state index is 11.6. The van der Waals surface area contributed by atoms with E-state index in [-0.39, 0.29) is 6.09 Å². The van der Waals surface area contributed by atoms with E-state index in [1.807, 2.05) is 37.7 Å². The minimum Gasteiger partial charge on any atom is -0.449 e. The standard InChI is InChI=1S/C16H23NO2S/c1-12(2)11-19-16(18)17-15-5-3-13(4-6-15)14-7-9-20-10-8-14/h3-6,12,14H,7-11H2,1-2H3,(H,17,18). The van der Waals surface area contributed by atoms with Gasteiger partial charge in [0.2, 0.25) is 0 Å². The molecule has 1 aliphatic heterocycles. The largest absolute Gasteiger partial charge is 0.449 e. The van der Waals surface area contributed by atoms with E-state index in [0.29, 0.717) is 18.4 Å². The SMILES string of the molecule is CC(C)COC(=O)Nc1ccc(C2CCSCC2)cc1. The molecule has 110 valence electrons. The van der Waals surface area contributed by atoms with E-state index in [1.54, 1.807) is 0 Å². The van der Waals surface area contributed by atoms with Crippen molar-refractivity contribution >= 4 is 23.5 Å². The molecule has 1 aromatic rings. The molecule has 1 amide bonds. The third-order valence-electron chi connectivity index (χ3n) is 3.40. The zero-order valence-electron chi connectivity index (χ0n) is 12.2. The van der Waals surface area contributed by atoms with Crippen LogP contribution in [0.2, 0.25) is 0 Å². The molecule has 0 radical (unpaired) electrons. The predicted molar refractivity (Wildman–Crippen MR) is 85.6 cm³/mol. The van der Waals surface area contributed by atoms with Gasteiger partial charge in [0.15, 0.2) is 0 Å². The lowest BCUT2D eigenvalue weighted by molar-refractivity contribution is 0.147. The first-order valence-electron chi connectivity index (χ1n) is 7.26. The zero-order chi connectivity index (χ0) is 14.4. The topological polar surface area (TPSA) is 38.3 Å². The van der Waals surface area contributed by atoms with Crippen molar-refractivity contribution in [1.29, 1.82) is 0 Å². The molecule has 1 aliphatic rings. The second kappa shape index (κ2) is 7.58. The van der Waals surface area contributed by atoms with Gasteiger partial charge >= 0.3 is 6.09 Å². The lowest BCUT2D eigenvalue weighted by Crippen LogP contribution is -2.16. The number of amides is 1. The molecule has 20 heavy (non-hydrogen) atoms. The molecule has 0 spiro atoms. The normalized spacial score (nSPS) is 16.1. The van der Waals surface area contributed by atoms with Crippen molar-refractivity contribution in [1.82, 2.24) is 0 Å². The van der Waals surface area contributed by atoms with Crippen LogP contribution in [0.5, 0.6) is 0 Å². The number of thioether (sulfide) groups is 1. The number of anilines is 1. The van der Waals surface area contributed by atoms with Gasteiger partial charge in [-0.3, -0.25) is 5.32 Å². The lowest BCUT2D eigenvalue weighted by atomic mass is 9.93. The third kappa shape index (κ3) is 4.75. The summed E-state index contributed by atoms with van der Waals surface area (Å²) in [5.41, 5.74) is 2.18. The van der Waals surface area contributed by atoms with Crippen LogP contribution in [0.25, 0.3) is 0 Å². The highest BCUT2D eigenvalue weighted by atomic mass is 32.2. The first-order chi connectivity index (χ1) is 9.65. The van der Waals surface area contributed by atoms with Crippen LogP contribution in [-0.4, -0.2) is 24.2 Å². The van der Waals surface area contributed by atoms with Crippen LogP contribution < -0.4 is 5.32 Å². The summed E-state index contributed by atoms with van der Waals surface area (Å²) in [6.07, 6.45) is 2.14. The molecule has 2 rings (SSSR count). The first-order valence-corrected chi connectivity index (χ1v) is 8.42. The van der Waals surface area contributed by atoms with Crippen LogP contribution in [0, 0.1) is 5.92 Å². The number of hydrogen-bond acceptors (Lipinski definition) is 3. The van der Waals surface area contributed by atoms with Crippen molar-refractivity contribution in [2.45, 2.75) is 32.6 Å². The first kappa shape index (κ1) is 15.2. The average molecular weight is 293 g/mol. The van der Waals surface area contributed by atoms with Gasteiger partial charge in [-0.2, -0.15) is 11.8 Å². The van der Waals surface area contributed by atoms with Crippen LogP contribution in [0.4, 0.5) is 10.5 Å². The smallest absolute Gasteiger partial charge is 0.411 e. The summed E-state index contributed by atoms with van der Waals surface area (Å²) < 4.78 is 5.10. The highest BCUT2D eigenvalue weighted by Crippen LogP contribution is 2.31. The van der Waals surface area contributed by atoms with Gasteiger partial charge < -0.3 is 4.74 Å². The molecule has 3 nitrogen and oxygen atoms in total. The monoisotopic (exact) mass is 293 g/mol. The Morgan fingerprint density at radius 2 is 1.95 bits per heavy atom. The Morgan fingerprint density at radius 3 is 2.55 bits per heavy atom. The van der Waals surface area contributed by atoms with Crippen molar-refractivity contribution in [2.24, 2.45) is 5.92 Å². The highest BCUT2D eigenvalue weighted by molar-refractivity contribution is 7.99. The van der Waals surface area contributed by atoms with E-state index in [0.717, 1.165) is 5.69 Å². The minimum absolute atomic E-state index is 0.354. The quantitative estimate of drug-likeness (QED) is 0.888. The molecule has 0 atom stereocenters. The maximum Gasteiger partial charge on any atom is 0.411 e. The molecule has 1 fully saturated rings. The summed E-state index contributed by atoms with van der Waals surface area (Å²) in [6, 6.07) is 8.18. The van der Waals surface area contributed by atoms with E-state index in [2.05, 4.69) is 17.4 Å². The molecular weight excluding hydrogens is 270 g/mol. The Morgan fingerprint density at radius 1 is 1.30 bits per heavy atom. The molecule has 1 aromatic carbocycles. The van der Waals surface area contributed by atoms with E-state index in [1.165, 1.54) is 29.9 Å². The summed E-state index contributed by atoms with van der Waals surface area (Å²) >= 11 is 2.04. The molecule has 0 aromatic heterocycles. The molecule has 1 N–H and O–H groups in total. The van der Waals surface area contributed by atoms with E-state index in [9.17, 15) is 4.79 Å². The number of carbonyl (C=O) groups excluding carboxylic acids is 1. The number of benzene rings is 1. The van der Waals surface area contributed by atoms with Crippen LogP contribution in [0.1, 0.15) is 38.2 Å². The molecule has 0 aliphatic carbocycles. The minimum atomic E-state index is -0.375. The van der Waals surface area contributed by atoms with Crippen LogP contribution in [0.3, 0.4) is 0 Å². The predicted octanol–water partition coefficient (Wildman–Crippen LogP) is 4.50. The molecule has 4 heteroatoms. The number of nitrogens with one attached hydrogen (secondary N) is 1. The van der Waals surface area contributed by atoms with E-state index >= 15 is 0 Å². The fourth-order valence-electron chi connectivity index (χ4n) is 2.27. The van der Waals surface area contributed by atoms with Crippen LogP contribution >= 0.6 is 11.8 Å². The highest BCUT2D eigenvalue weighted by Gasteiger charge is 2.15. The second-order valence-corrected chi connectivity index (χ2v) is 6.85. The van der Waals surface area contributed by atoms with Gasteiger partial charge in [0.1, 0.15) is 0 Å². The van der Waals surface area contributed by atoms with Gasteiger partial charge in [0, 0.05) is 5.69 Å². The molecule has 1 saturated heterocycles. The van der Waals surface area contributed by atoms with Gasteiger partial charge in [0.25, 0.3) is 0 Å². The van der Waals surface area contributed by atoms with Crippen molar-refractivity contribution in [3.8, 4) is 0 Å². The fourth-order valence-corrected chi connectivity index (χ4v) is 3.37. The van der Waals surface area contributed by atoms with Gasteiger partial charge in [-0.15, -0.1) is 0 Å². The zero-order valence-corrected chi connectivity index (χ0v) is 13.0. The van der Waals surface area contributed by atoms with Crippen molar-refractivity contribution < 1.29 is 9.53 Å². The molecule has 0 saturated carbocycles. The molecule has 0 bridgehead atoms. The number of carbonyl (C=O) groups is 1. The summed E-state index contributed by atoms with van der Waals surface area (Å²) in [7, 11) is 0. The van der Waals surface area contributed by atoms with Crippen molar-refractivity contribution in [3.05, 3.63) is 29.8 Å². The number of rotatable bonds is 4. The lowest BCUT2D eigenvalue weighted by Gasteiger charge is -2.21. The van der Waals surface area contributed by atoms with Crippen LogP contribution in [0.15, 0.2) is 24.3 Å². The third-order valence-corrected chi connectivity index (χ3v) is 4.45. The molecule has 1 heterocycles. The van der Waals surface area contributed by atoms with Gasteiger partial charge in [-0.1, -0.05) is 26.0 Å². The molecule has 0 unspecified atom stereocenters. The Balaban J connectivity index is 1.86. The van der Waals surface area contributed by atoms with Crippen LogP contribution in [-0.2, 0) is 4.74 Å². The number of ether oxygens (including phenoxy) is 1. The van der Waals surface area contributed by atoms with Gasteiger partial charge in [0.05, 0.1) is 6.61 Å². The Hall–Kier alpha value is -1.16. The number of hydrogen-bond donors (Lipinski definition) is 1. The van der Waals surface area contributed by atoms with Crippen molar-refractivity contribution in [3.63, 3.8) is 0 Å². The van der Waals surface area contributed by atoms with Gasteiger partial charge in [-0.25, -0.2) is 4.79 Å². The van der Waals surface area contributed by atoms with E-state index in [4.69, 9.17) is 4.74 Å². The molecular formula is C16H23NO2S. The Labute approximate surface area is 125 Å². The average Bonchev–Trinajstić information content (AvgIpc) is 2.47. The van der Waals surface area contributed by atoms with Gasteiger partial charge in [-0.05, 0) is 53.9 Å². The summed E-state index contributed by atoms with van der Waals surface area (Å²) in [5.74, 6) is 3.55. The summed E-state index contributed by atoms with van der Waals surface area (Å²) in [5, 5.41) is 2.76. The maximum absolute atomic E-state index is 11.6. The second-order valence-electron chi connectivity index (χ2n) is 5.63. The summed E-state index contributed by atoms with van der Waals surface area (Å²) in [4.78, 5) is 11.6. The van der Waals surface area contributed by atoms with Crippen molar-refractivity contribution in [2.75, 3.05) is 23.4 Å². The Bertz CT molecular complexity index is 425.